The Bertz CT molecular complexity index is 615. The van der Waals surface area contributed by atoms with Crippen molar-refractivity contribution in [3.63, 3.8) is 0 Å². The number of benzene rings is 1. The van der Waals surface area contributed by atoms with Crippen LogP contribution >= 0.6 is 0 Å². The Kier molecular flexibility index (Phi) is 5.37. The highest BCUT2D eigenvalue weighted by atomic mass is 16.2. The summed E-state index contributed by atoms with van der Waals surface area (Å²) in [5.74, 6) is 0.273. The number of nitrogens with zero attached hydrogens (tertiary/aromatic N) is 2. The Morgan fingerprint density at radius 2 is 1.87 bits per heavy atom. The largest absolute Gasteiger partial charge is 0.335 e. The summed E-state index contributed by atoms with van der Waals surface area (Å²) < 4.78 is 0. The van der Waals surface area contributed by atoms with Gasteiger partial charge < -0.3 is 10.2 Å². The van der Waals surface area contributed by atoms with Crippen molar-refractivity contribution in [3.8, 4) is 0 Å². The number of hydrogen-bond donors (Lipinski definition) is 1. The molecule has 1 saturated heterocycles. The Balaban J connectivity index is 1.47. The lowest BCUT2D eigenvalue weighted by atomic mass is 10.1. The van der Waals surface area contributed by atoms with E-state index in [0.717, 1.165) is 31.5 Å². The molecular weight excluding hydrogens is 286 g/mol. The Hall–Kier alpha value is -2.20. The standard InChI is InChI=1S/C19H23N3O/c23-19-7-6-18(22(19)15-17-8-11-20-12-9-17)10-13-21-14-16-4-2-1-3-5-16/h1-5,8-9,11-12,18,21H,6-7,10,13-15H2/t18-/m1/s1. The van der Waals surface area contributed by atoms with Crippen LogP contribution in [0.15, 0.2) is 54.9 Å². The average Bonchev–Trinajstić information content (AvgIpc) is 2.94. The van der Waals surface area contributed by atoms with Crippen LogP contribution in [0, 0.1) is 0 Å². The average molecular weight is 309 g/mol. The van der Waals surface area contributed by atoms with E-state index in [1.807, 2.05) is 23.1 Å². The van der Waals surface area contributed by atoms with Crippen molar-refractivity contribution in [2.24, 2.45) is 0 Å². The van der Waals surface area contributed by atoms with Crippen LogP contribution in [0.2, 0.25) is 0 Å². The van der Waals surface area contributed by atoms with Gasteiger partial charge in [-0.2, -0.15) is 0 Å². The minimum atomic E-state index is 0.273. The number of hydrogen-bond acceptors (Lipinski definition) is 3. The van der Waals surface area contributed by atoms with Crippen LogP contribution in [0.4, 0.5) is 0 Å². The molecule has 120 valence electrons. The molecular formula is C19H23N3O. The van der Waals surface area contributed by atoms with E-state index >= 15 is 0 Å². The van der Waals surface area contributed by atoms with Crippen molar-refractivity contribution in [2.45, 2.75) is 38.4 Å². The van der Waals surface area contributed by atoms with Gasteiger partial charge in [-0.1, -0.05) is 30.3 Å². The molecule has 1 aromatic carbocycles. The van der Waals surface area contributed by atoms with Gasteiger partial charge in [0.05, 0.1) is 0 Å². The van der Waals surface area contributed by atoms with Crippen molar-refractivity contribution < 1.29 is 4.79 Å². The van der Waals surface area contributed by atoms with Crippen LogP contribution in [-0.4, -0.2) is 28.4 Å². The normalized spacial score (nSPS) is 17.7. The zero-order valence-electron chi connectivity index (χ0n) is 13.3. The second-order valence-electron chi connectivity index (χ2n) is 6.02. The summed E-state index contributed by atoms with van der Waals surface area (Å²) in [6.45, 7) is 2.51. The first-order chi connectivity index (χ1) is 11.3. The maximum Gasteiger partial charge on any atom is 0.223 e. The molecule has 1 aromatic heterocycles. The molecule has 3 rings (SSSR count). The second kappa shape index (κ2) is 7.88. The lowest BCUT2D eigenvalue weighted by molar-refractivity contribution is -0.129. The SMILES string of the molecule is O=C1CC[C@H](CCNCc2ccccc2)N1Cc1ccncc1. The van der Waals surface area contributed by atoms with Gasteiger partial charge >= 0.3 is 0 Å². The topological polar surface area (TPSA) is 45.2 Å². The highest BCUT2D eigenvalue weighted by Gasteiger charge is 2.30. The molecule has 2 heterocycles. The third kappa shape index (κ3) is 4.39. The van der Waals surface area contributed by atoms with Gasteiger partial charge in [0.15, 0.2) is 0 Å². The van der Waals surface area contributed by atoms with E-state index in [4.69, 9.17) is 0 Å². The summed E-state index contributed by atoms with van der Waals surface area (Å²) in [6, 6.07) is 14.7. The predicted molar refractivity (Wildman–Crippen MR) is 90.6 cm³/mol. The second-order valence-corrected chi connectivity index (χ2v) is 6.02. The van der Waals surface area contributed by atoms with Crippen molar-refractivity contribution in [3.05, 3.63) is 66.0 Å². The molecule has 1 aliphatic rings. The smallest absolute Gasteiger partial charge is 0.223 e. The number of pyridine rings is 1. The number of nitrogens with one attached hydrogen (secondary N) is 1. The van der Waals surface area contributed by atoms with Gasteiger partial charge in [0, 0.05) is 37.9 Å². The van der Waals surface area contributed by atoms with Crippen LogP contribution in [0.3, 0.4) is 0 Å². The van der Waals surface area contributed by atoms with Gasteiger partial charge in [0.1, 0.15) is 0 Å². The third-order valence-electron chi connectivity index (χ3n) is 4.38. The van der Waals surface area contributed by atoms with Gasteiger partial charge in [0.25, 0.3) is 0 Å². The molecule has 4 nitrogen and oxygen atoms in total. The fourth-order valence-corrected chi connectivity index (χ4v) is 3.09. The van der Waals surface area contributed by atoms with E-state index in [1.54, 1.807) is 12.4 Å². The fraction of sp³-hybridized carbons (Fsp3) is 0.368. The molecule has 23 heavy (non-hydrogen) atoms. The molecule has 1 fully saturated rings. The van der Waals surface area contributed by atoms with Gasteiger partial charge in [-0.3, -0.25) is 9.78 Å². The van der Waals surface area contributed by atoms with Crippen LogP contribution in [0.5, 0.6) is 0 Å². The van der Waals surface area contributed by atoms with Crippen molar-refractivity contribution >= 4 is 5.91 Å². The molecule has 2 aromatic rings. The summed E-state index contributed by atoms with van der Waals surface area (Å²) in [4.78, 5) is 18.2. The number of likely N-dealkylation sites (tertiary alicyclic amines) is 1. The number of carbonyl (C=O) groups is 1. The molecule has 4 heteroatoms. The lowest BCUT2D eigenvalue weighted by Gasteiger charge is -2.25. The van der Waals surface area contributed by atoms with Crippen LogP contribution in [-0.2, 0) is 17.9 Å². The van der Waals surface area contributed by atoms with Gasteiger partial charge in [0.2, 0.25) is 5.91 Å². The molecule has 0 aliphatic carbocycles. The maximum absolute atomic E-state index is 12.1. The van der Waals surface area contributed by atoms with Gasteiger partial charge in [-0.25, -0.2) is 0 Å². The molecule has 1 atom stereocenters. The first-order valence-electron chi connectivity index (χ1n) is 8.26. The molecule has 0 unspecified atom stereocenters. The lowest BCUT2D eigenvalue weighted by Crippen LogP contribution is -2.34. The molecule has 1 aliphatic heterocycles. The van der Waals surface area contributed by atoms with Crippen molar-refractivity contribution in [1.82, 2.24) is 15.2 Å². The summed E-state index contributed by atoms with van der Waals surface area (Å²) in [5.41, 5.74) is 2.45. The maximum atomic E-state index is 12.1. The quantitative estimate of drug-likeness (QED) is 0.800. The van der Waals surface area contributed by atoms with Gasteiger partial charge in [-0.05, 0) is 42.6 Å². The number of rotatable bonds is 7. The zero-order chi connectivity index (χ0) is 15.9. The number of amides is 1. The van der Waals surface area contributed by atoms with E-state index in [0.29, 0.717) is 19.0 Å². The summed E-state index contributed by atoms with van der Waals surface area (Å²) in [7, 11) is 0. The predicted octanol–water partition coefficient (Wildman–Crippen LogP) is 2.75. The Morgan fingerprint density at radius 3 is 2.65 bits per heavy atom. The van der Waals surface area contributed by atoms with Gasteiger partial charge in [-0.15, -0.1) is 0 Å². The molecule has 0 spiro atoms. The summed E-state index contributed by atoms with van der Waals surface area (Å²) in [5, 5.41) is 3.48. The minimum absolute atomic E-state index is 0.273. The van der Waals surface area contributed by atoms with E-state index in [2.05, 4.69) is 34.6 Å². The first kappa shape index (κ1) is 15.7. The summed E-state index contributed by atoms with van der Waals surface area (Å²) >= 11 is 0. The molecule has 1 amide bonds. The van der Waals surface area contributed by atoms with Crippen molar-refractivity contribution in [2.75, 3.05) is 6.54 Å². The highest BCUT2D eigenvalue weighted by molar-refractivity contribution is 5.78. The summed E-state index contributed by atoms with van der Waals surface area (Å²) in [6.07, 6.45) is 6.22. The number of aromatic nitrogens is 1. The molecule has 0 radical (unpaired) electrons. The molecule has 0 saturated carbocycles. The fourth-order valence-electron chi connectivity index (χ4n) is 3.09. The van der Waals surface area contributed by atoms with Crippen LogP contribution < -0.4 is 5.32 Å². The first-order valence-corrected chi connectivity index (χ1v) is 8.26. The van der Waals surface area contributed by atoms with E-state index in [-0.39, 0.29) is 5.91 Å². The Morgan fingerprint density at radius 1 is 1.09 bits per heavy atom. The molecule has 0 bridgehead atoms. The number of carbonyl (C=O) groups excluding carboxylic acids is 1. The van der Waals surface area contributed by atoms with Crippen LogP contribution in [0.25, 0.3) is 0 Å². The third-order valence-corrected chi connectivity index (χ3v) is 4.38. The van der Waals surface area contributed by atoms with E-state index < -0.39 is 0 Å². The van der Waals surface area contributed by atoms with E-state index in [9.17, 15) is 4.79 Å². The van der Waals surface area contributed by atoms with E-state index in [1.165, 1.54) is 5.56 Å². The van der Waals surface area contributed by atoms with Crippen molar-refractivity contribution in [1.29, 1.82) is 0 Å². The zero-order valence-corrected chi connectivity index (χ0v) is 13.3. The highest BCUT2D eigenvalue weighted by Crippen LogP contribution is 2.23. The Labute approximate surface area is 137 Å². The minimum Gasteiger partial charge on any atom is -0.335 e. The molecule has 1 N–H and O–H groups in total. The van der Waals surface area contributed by atoms with Crippen LogP contribution in [0.1, 0.15) is 30.4 Å². The monoisotopic (exact) mass is 309 g/mol.